The Morgan fingerprint density at radius 3 is 2.79 bits per heavy atom. The summed E-state index contributed by atoms with van der Waals surface area (Å²) >= 11 is 0. The van der Waals surface area contributed by atoms with Gasteiger partial charge in [0.25, 0.3) is 0 Å². The first-order valence-electron chi connectivity index (χ1n) is 9.43. The number of likely N-dealkylation sites (tertiary alicyclic amines) is 1. The summed E-state index contributed by atoms with van der Waals surface area (Å²) in [6.45, 7) is 3.97. The third-order valence-electron chi connectivity index (χ3n) is 5.42. The number of nitrogens with zero attached hydrogens (tertiary/aromatic N) is 8. The predicted molar refractivity (Wildman–Crippen MR) is 100 cm³/mol. The van der Waals surface area contributed by atoms with Gasteiger partial charge in [0.1, 0.15) is 0 Å². The molecule has 4 aromatic heterocycles. The van der Waals surface area contributed by atoms with Crippen LogP contribution >= 0.6 is 0 Å². The summed E-state index contributed by atoms with van der Waals surface area (Å²) < 4.78 is 7.10. The van der Waals surface area contributed by atoms with Crippen LogP contribution in [0.3, 0.4) is 0 Å². The minimum absolute atomic E-state index is 0.119. The number of hydrogen-bond acceptors (Lipinski definition) is 8. The molecule has 1 atom stereocenters. The molecule has 1 aliphatic rings. The van der Waals surface area contributed by atoms with Crippen LogP contribution in [0.5, 0.6) is 0 Å². The van der Waals surface area contributed by atoms with Crippen LogP contribution in [0.25, 0.3) is 16.9 Å². The van der Waals surface area contributed by atoms with E-state index in [2.05, 4.69) is 37.1 Å². The second kappa shape index (κ2) is 7.08. The maximum absolute atomic E-state index is 5.22. The summed E-state index contributed by atoms with van der Waals surface area (Å²) in [5.74, 6) is 1.90. The van der Waals surface area contributed by atoms with E-state index in [1.807, 2.05) is 35.0 Å². The predicted octanol–water partition coefficient (Wildman–Crippen LogP) is 2.51. The molecule has 5 heterocycles. The molecule has 142 valence electrons. The van der Waals surface area contributed by atoms with Gasteiger partial charge >= 0.3 is 0 Å². The SMILES string of the molecule is CC(c1ncno1)N1CCC(c2nnc3ccc(-c4cccnc4)nn23)CC1. The Morgan fingerprint density at radius 2 is 2.04 bits per heavy atom. The molecule has 0 aliphatic carbocycles. The number of fused-ring (bicyclic) bond motifs is 1. The first-order chi connectivity index (χ1) is 13.8. The van der Waals surface area contributed by atoms with Gasteiger partial charge in [0.15, 0.2) is 17.8 Å². The number of pyridine rings is 1. The van der Waals surface area contributed by atoms with Gasteiger partial charge < -0.3 is 4.52 Å². The van der Waals surface area contributed by atoms with Crippen molar-refractivity contribution in [2.75, 3.05) is 13.1 Å². The van der Waals surface area contributed by atoms with Crippen LogP contribution in [-0.4, -0.2) is 52.9 Å². The monoisotopic (exact) mass is 376 g/mol. The number of aromatic nitrogens is 7. The second-order valence-corrected chi connectivity index (χ2v) is 7.05. The Bertz CT molecular complexity index is 1050. The molecular weight excluding hydrogens is 356 g/mol. The lowest BCUT2D eigenvalue weighted by Crippen LogP contribution is -2.35. The lowest BCUT2D eigenvalue weighted by Gasteiger charge is -2.33. The zero-order valence-corrected chi connectivity index (χ0v) is 15.5. The lowest BCUT2D eigenvalue weighted by molar-refractivity contribution is 0.134. The molecule has 0 bridgehead atoms. The van der Waals surface area contributed by atoms with Gasteiger partial charge in [-0.1, -0.05) is 5.16 Å². The van der Waals surface area contributed by atoms with Gasteiger partial charge in [-0.15, -0.1) is 10.2 Å². The molecule has 1 aliphatic heterocycles. The van der Waals surface area contributed by atoms with Crippen LogP contribution in [0.1, 0.15) is 43.4 Å². The van der Waals surface area contributed by atoms with E-state index in [0.29, 0.717) is 11.8 Å². The van der Waals surface area contributed by atoms with E-state index in [-0.39, 0.29) is 6.04 Å². The molecule has 0 radical (unpaired) electrons. The molecule has 5 rings (SSSR count). The van der Waals surface area contributed by atoms with Gasteiger partial charge in [0.2, 0.25) is 5.89 Å². The highest BCUT2D eigenvalue weighted by Crippen LogP contribution is 2.31. The van der Waals surface area contributed by atoms with Gasteiger partial charge in [-0.25, -0.2) is 0 Å². The summed E-state index contributed by atoms with van der Waals surface area (Å²) in [7, 11) is 0. The van der Waals surface area contributed by atoms with E-state index >= 15 is 0 Å². The highest BCUT2D eigenvalue weighted by atomic mass is 16.5. The quantitative estimate of drug-likeness (QED) is 0.536. The maximum Gasteiger partial charge on any atom is 0.243 e. The van der Waals surface area contributed by atoms with Crippen molar-refractivity contribution >= 4 is 5.65 Å². The molecule has 9 heteroatoms. The Hall–Kier alpha value is -3.20. The second-order valence-electron chi connectivity index (χ2n) is 7.05. The Balaban J connectivity index is 1.37. The lowest BCUT2D eigenvalue weighted by atomic mass is 9.95. The minimum Gasteiger partial charge on any atom is -0.338 e. The number of rotatable bonds is 4. The average molecular weight is 376 g/mol. The van der Waals surface area contributed by atoms with Crippen molar-refractivity contribution in [2.45, 2.75) is 31.7 Å². The van der Waals surface area contributed by atoms with Crippen LogP contribution in [0, 0.1) is 0 Å². The van der Waals surface area contributed by atoms with Gasteiger partial charge in [0, 0.05) is 23.9 Å². The normalized spacial score (nSPS) is 17.2. The van der Waals surface area contributed by atoms with Gasteiger partial charge in [-0.3, -0.25) is 9.88 Å². The first-order valence-corrected chi connectivity index (χ1v) is 9.43. The summed E-state index contributed by atoms with van der Waals surface area (Å²) in [4.78, 5) is 10.7. The summed E-state index contributed by atoms with van der Waals surface area (Å²) in [5, 5.41) is 17.3. The van der Waals surface area contributed by atoms with Crippen molar-refractivity contribution in [3.05, 3.63) is 54.7 Å². The molecule has 0 amide bonds. The summed E-state index contributed by atoms with van der Waals surface area (Å²) in [6, 6.07) is 7.95. The number of hydrogen-bond donors (Lipinski definition) is 0. The molecule has 0 aromatic carbocycles. The fourth-order valence-electron chi connectivity index (χ4n) is 3.80. The third-order valence-corrected chi connectivity index (χ3v) is 5.42. The van der Waals surface area contributed by atoms with Crippen LogP contribution in [0.2, 0.25) is 0 Å². The molecule has 4 aromatic rings. The molecule has 0 N–H and O–H groups in total. The molecule has 0 spiro atoms. The first kappa shape index (κ1) is 16.9. The fraction of sp³-hybridized carbons (Fsp3) is 0.368. The highest BCUT2D eigenvalue weighted by molar-refractivity contribution is 5.58. The summed E-state index contributed by atoms with van der Waals surface area (Å²) in [5.41, 5.74) is 2.61. The number of piperidine rings is 1. The smallest absolute Gasteiger partial charge is 0.243 e. The standard InChI is InChI=1S/C19H20N8O/c1-13(19-21-12-22-28-19)26-9-6-14(7-10-26)18-24-23-17-5-4-16(25-27(17)18)15-3-2-8-20-11-15/h2-5,8,11-14H,6-7,9-10H2,1H3. The van der Waals surface area contributed by atoms with Gasteiger partial charge in [-0.05, 0) is 57.1 Å². The van der Waals surface area contributed by atoms with Gasteiger partial charge in [-0.2, -0.15) is 14.6 Å². The molecule has 0 saturated carbocycles. The molecular formula is C19H20N8O. The zero-order valence-electron chi connectivity index (χ0n) is 15.5. The molecule has 1 unspecified atom stereocenters. The van der Waals surface area contributed by atoms with Crippen LogP contribution < -0.4 is 0 Å². The van der Waals surface area contributed by atoms with E-state index in [0.717, 1.165) is 48.7 Å². The average Bonchev–Trinajstić information content (AvgIpc) is 3.44. The Kier molecular flexibility index (Phi) is 4.28. The van der Waals surface area contributed by atoms with Crippen LogP contribution in [-0.2, 0) is 0 Å². The van der Waals surface area contributed by atoms with Crippen molar-refractivity contribution in [3.8, 4) is 11.3 Å². The largest absolute Gasteiger partial charge is 0.338 e. The zero-order chi connectivity index (χ0) is 18.9. The molecule has 1 saturated heterocycles. The van der Waals surface area contributed by atoms with E-state index in [1.54, 1.807) is 6.20 Å². The van der Waals surface area contributed by atoms with Crippen molar-refractivity contribution in [1.29, 1.82) is 0 Å². The van der Waals surface area contributed by atoms with Crippen molar-refractivity contribution < 1.29 is 4.52 Å². The highest BCUT2D eigenvalue weighted by Gasteiger charge is 2.29. The van der Waals surface area contributed by atoms with Crippen LogP contribution in [0.4, 0.5) is 0 Å². The maximum atomic E-state index is 5.22. The van der Waals surface area contributed by atoms with E-state index in [1.165, 1.54) is 6.33 Å². The van der Waals surface area contributed by atoms with E-state index in [9.17, 15) is 0 Å². The van der Waals surface area contributed by atoms with Gasteiger partial charge in [0.05, 0.1) is 11.7 Å². The van der Waals surface area contributed by atoms with Crippen LogP contribution in [0.15, 0.2) is 47.5 Å². The van der Waals surface area contributed by atoms with Crippen molar-refractivity contribution in [2.24, 2.45) is 0 Å². The van der Waals surface area contributed by atoms with Crippen molar-refractivity contribution in [1.82, 2.24) is 39.8 Å². The summed E-state index contributed by atoms with van der Waals surface area (Å²) in [6.07, 6.45) is 6.99. The Labute approximate surface area is 161 Å². The third kappa shape index (κ3) is 3.03. The minimum atomic E-state index is 0.119. The van der Waals surface area contributed by atoms with E-state index < -0.39 is 0 Å². The van der Waals surface area contributed by atoms with Crippen molar-refractivity contribution in [3.63, 3.8) is 0 Å². The molecule has 28 heavy (non-hydrogen) atoms. The van der Waals surface area contributed by atoms with E-state index in [4.69, 9.17) is 9.62 Å². The molecule has 1 fully saturated rings. The fourth-order valence-corrected chi connectivity index (χ4v) is 3.80. The topological polar surface area (TPSA) is 98.1 Å². The Morgan fingerprint density at radius 1 is 1.14 bits per heavy atom. The molecule has 9 nitrogen and oxygen atoms in total.